The number of nitrogens with zero attached hydrogens (tertiary/aromatic N) is 4. The van der Waals surface area contributed by atoms with Crippen LogP contribution in [-0.4, -0.2) is 26.9 Å². The molecule has 4 aromatic rings. The molecule has 0 aliphatic carbocycles. The summed E-state index contributed by atoms with van der Waals surface area (Å²) in [5.41, 5.74) is 0.665. The summed E-state index contributed by atoms with van der Waals surface area (Å²) in [5.74, 6) is -0.161. The van der Waals surface area contributed by atoms with Crippen molar-refractivity contribution >= 4 is 27.9 Å². The molecular formula is C16H9ClF2N4OS. The van der Waals surface area contributed by atoms with E-state index >= 15 is 0 Å². The molecule has 0 bridgehead atoms. The Balaban J connectivity index is 1.90. The lowest BCUT2D eigenvalue weighted by Gasteiger charge is -2.06. The van der Waals surface area contributed by atoms with Gasteiger partial charge in [0.15, 0.2) is 10.8 Å². The predicted molar refractivity (Wildman–Crippen MR) is 91.0 cm³/mol. The second-order valence-electron chi connectivity index (χ2n) is 5.09. The highest BCUT2D eigenvalue weighted by molar-refractivity contribution is 7.19. The third-order valence-corrected chi connectivity index (χ3v) is 4.72. The van der Waals surface area contributed by atoms with E-state index in [9.17, 15) is 8.78 Å². The van der Waals surface area contributed by atoms with E-state index in [2.05, 4.69) is 15.3 Å². The number of fused-ring (bicyclic) bond motifs is 1. The van der Waals surface area contributed by atoms with Gasteiger partial charge in [-0.3, -0.25) is 0 Å². The van der Waals surface area contributed by atoms with Crippen LogP contribution in [0.2, 0.25) is 5.02 Å². The maximum absolute atomic E-state index is 14.0. The van der Waals surface area contributed by atoms with Gasteiger partial charge < -0.3 is 4.74 Å². The van der Waals surface area contributed by atoms with E-state index in [1.54, 1.807) is 18.2 Å². The van der Waals surface area contributed by atoms with Crippen LogP contribution in [0.5, 0.6) is 5.75 Å². The Bertz CT molecular complexity index is 1100. The van der Waals surface area contributed by atoms with Crippen LogP contribution in [0.1, 0.15) is 0 Å². The zero-order valence-electron chi connectivity index (χ0n) is 12.7. The largest absolute Gasteiger partial charge is 0.496 e. The molecule has 25 heavy (non-hydrogen) atoms. The molecule has 0 aliphatic heterocycles. The van der Waals surface area contributed by atoms with E-state index in [1.165, 1.54) is 11.6 Å². The van der Waals surface area contributed by atoms with E-state index < -0.39 is 11.6 Å². The zero-order chi connectivity index (χ0) is 17.6. The van der Waals surface area contributed by atoms with Crippen molar-refractivity contribution in [2.24, 2.45) is 0 Å². The van der Waals surface area contributed by atoms with E-state index in [0.29, 0.717) is 32.1 Å². The number of rotatable bonds is 3. The number of halogens is 3. The molecular weight excluding hydrogens is 370 g/mol. The molecule has 126 valence electrons. The van der Waals surface area contributed by atoms with Gasteiger partial charge in [0.1, 0.15) is 17.4 Å². The van der Waals surface area contributed by atoms with E-state index in [0.717, 1.165) is 29.5 Å². The second kappa shape index (κ2) is 6.05. The van der Waals surface area contributed by atoms with Crippen LogP contribution in [0.4, 0.5) is 8.78 Å². The van der Waals surface area contributed by atoms with Gasteiger partial charge in [-0.25, -0.2) is 8.78 Å². The van der Waals surface area contributed by atoms with Gasteiger partial charge in [-0.1, -0.05) is 22.9 Å². The lowest BCUT2D eigenvalue weighted by molar-refractivity contribution is 0.416. The van der Waals surface area contributed by atoms with Gasteiger partial charge in [-0.05, 0) is 36.4 Å². The van der Waals surface area contributed by atoms with Crippen LogP contribution in [0.15, 0.2) is 36.4 Å². The van der Waals surface area contributed by atoms with Crippen molar-refractivity contribution in [2.45, 2.75) is 0 Å². The van der Waals surface area contributed by atoms with Crippen molar-refractivity contribution in [3.63, 3.8) is 0 Å². The smallest absolute Gasteiger partial charge is 0.235 e. The standard InChI is InChI=1S/C16H9ClF2N4OS/c1-24-13-5-2-8(17)6-11(13)14-20-21-16-23(14)22-15(25-16)10-7-9(18)3-4-12(10)19/h2-7H,1H3. The Morgan fingerprint density at radius 3 is 2.72 bits per heavy atom. The summed E-state index contributed by atoms with van der Waals surface area (Å²) in [5, 5.41) is 13.3. The Morgan fingerprint density at radius 1 is 1.08 bits per heavy atom. The zero-order valence-corrected chi connectivity index (χ0v) is 14.3. The van der Waals surface area contributed by atoms with E-state index in [-0.39, 0.29) is 5.56 Å². The summed E-state index contributed by atoms with van der Waals surface area (Å²) in [6.45, 7) is 0. The first-order valence-electron chi connectivity index (χ1n) is 7.08. The topological polar surface area (TPSA) is 52.3 Å². The first-order chi connectivity index (χ1) is 12.1. The highest BCUT2D eigenvalue weighted by atomic mass is 35.5. The fourth-order valence-corrected chi connectivity index (χ4v) is 3.44. The molecule has 0 saturated heterocycles. The Hall–Kier alpha value is -2.58. The monoisotopic (exact) mass is 378 g/mol. The quantitative estimate of drug-likeness (QED) is 0.528. The van der Waals surface area contributed by atoms with Gasteiger partial charge in [-0.15, -0.1) is 10.2 Å². The molecule has 0 N–H and O–H groups in total. The molecule has 2 aromatic heterocycles. The maximum atomic E-state index is 14.0. The highest BCUT2D eigenvalue weighted by Crippen LogP contribution is 2.34. The molecule has 0 aliphatic rings. The summed E-state index contributed by atoms with van der Waals surface area (Å²) in [6, 6.07) is 8.30. The number of methoxy groups -OCH3 is 1. The summed E-state index contributed by atoms with van der Waals surface area (Å²) >= 11 is 7.16. The minimum Gasteiger partial charge on any atom is -0.496 e. The van der Waals surface area contributed by atoms with Gasteiger partial charge in [-0.2, -0.15) is 9.61 Å². The van der Waals surface area contributed by atoms with Gasteiger partial charge in [0, 0.05) is 5.02 Å². The minimum absolute atomic E-state index is 0.0690. The van der Waals surface area contributed by atoms with Gasteiger partial charge >= 0.3 is 0 Å². The first kappa shape index (κ1) is 15.9. The lowest BCUT2D eigenvalue weighted by Crippen LogP contribution is -1.95. The molecule has 0 saturated carbocycles. The number of hydrogen-bond donors (Lipinski definition) is 0. The van der Waals surface area contributed by atoms with Crippen molar-refractivity contribution in [2.75, 3.05) is 7.11 Å². The number of aromatic nitrogens is 4. The van der Waals surface area contributed by atoms with Crippen molar-refractivity contribution in [3.05, 3.63) is 53.1 Å². The van der Waals surface area contributed by atoms with Gasteiger partial charge in [0.25, 0.3) is 0 Å². The molecule has 0 atom stereocenters. The minimum atomic E-state index is -0.562. The Labute approximate surface area is 149 Å². The Kier molecular flexibility index (Phi) is 3.85. The molecule has 2 heterocycles. The van der Waals surface area contributed by atoms with Crippen molar-refractivity contribution in [3.8, 4) is 27.7 Å². The lowest BCUT2D eigenvalue weighted by atomic mass is 10.2. The van der Waals surface area contributed by atoms with Crippen molar-refractivity contribution < 1.29 is 13.5 Å². The summed E-state index contributed by atoms with van der Waals surface area (Å²) in [7, 11) is 1.53. The van der Waals surface area contributed by atoms with E-state index in [4.69, 9.17) is 16.3 Å². The van der Waals surface area contributed by atoms with Crippen LogP contribution in [0, 0.1) is 11.6 Å². The summed E-state index contributed by atoms with van der Waals surface area (Å²) < 4.78 is 34.2. The fourth-order valence-electron chi connectivity index (χ4n) is 2.41. The molecule has 0 radical (unpaired) electrons. The normalized spacial score (nSPS) is 11.2. The summed E-state index contributed by atoms with van der Waals surface area (Å²) in [6.07, 6.45) is 0. The van der Waals surface area contributed by atoms with Crippen LogP contribution < -0.4 is 4.74 Å². The molecule has 9 heteroatoms. The molecule has 4 rings (SSSR count). The van der Waals surface area contributed by atoms with Gasteiger partial charge in [0.2, 0.25) is 4.96 Å². The second-order valence-corrected chi connectivity index (χ2v) is 6.49. The van der Waals surface area contributed by atoms with E-state index in [1.807, 2.05) is 0 Å². The fraction of sp³-hybridized carbons (Fsp3) is 0.0625. The predicted octanol–water partition coefficient (Wildman–Crippen LogP) is 4.46. The highest BCUT2D eigenvalue weighted by Gasteiger charge is 2.19. The van der Waals surface area contributed by atoms with Crippen LogP contribution in [0.3, 0.4) is 0 Å². The SMILES string of the molecule is COc1ccc(Cl)cc1-c1nnc2sc(-c3cc(F)ccc3F)nn12. The Morgan fingerprint density at radius 2 is 1.92 bits per heavy atom. The molecule has 0 fully saturated rings. The van der Waals surface area contributed by atoms with Crippen molar-refractivity contribution in [1.29, 1.82) is 0 Å². The molecule has 2 aromatic carbocycles. The third-order valence-electron chi connectivity index (χ3n) is 3.55. The van der Waals surface area contributed by atoms with Gasteiger partial charge in [0.05, 0.1) is 18.2 Å². The average molecular weight is 379 g/mol. The van der Waals surface area contributed by atoms with Crippen LogP contribution in [0.25, 0.3) is 26.9 Å². The number of benzene rings is 2. The number of hydrogen-bond acceptors (Lipinski definition) is 5. The molecule has 0 amide bonds. The molecule has 5 nitrogen and oxygen atoms in total. The third kappa shape index (κ3) is 2.73. The maximum Gasteiger partial charge on any atom is 0.235 e. The van der Waals surface area contributed by atoms with Crippen LogP contribution >= 0.6 is 22.9 Å². The first-order valence-corrected chi connectivity index (χ1v) is 8.28. The average Bonchev–Trinajstić information content (AvgIpc) is 3.17. The number of ether oxygens (including phenoxy) is 1. The summed E-state index contributed by atoms with van der Waals surface area (Å²) in [4.78, 5) is 0.440. The van der Waals surface area contributed by atoms with Crippen molar-refractivity contribution in [1.82, 2.24) is 19.8 Å². The molecule has 0 unspecified atom stereocenters. The van der Waals surface area contributed by atoms with Crippen LogP contribution in [-0.2, 0) is 0 Å². The molecule has 0 spiro atoms.